The summed E-state index contributed by atoms with van der Waals surface area (Å²) in [6, 6.07) is 12.9. The van der Waals surface area contributed by atoms with E-state index in [1.165, 1.54) is 6.92 Å². The van der Waals surface area contributed by atoms with Crippen LogP contribution >= 0.6 is 23.2 Å². The predicted molar refractivity (Wildman–Crippen MR) is 100 cm³/mol. The lowest BCUT2D eigenvalue weighted by Crippen LogP contribution is -2.36. The molecule has 0 bridgehead atoms. The number of halogens is 2. The molecule has 0 aliphatic heterocycles. The second-order valence-electron chi connectivity index (χ2n) is 5.59. The van der Waals surface area contributed by atoms with Crippen LogP contribution in [0.15, 0.2) is 42.5 Å². The molecule has 0 atom stereocenters. The third kappa shape index (κ3) is 5.62. The van der Waals surface area contributed by atoms with Crippen LogP contribution in [0.4, 0.5) is 0 Å². The van der Waals surface area contributed by atoms with Crippen LogP contribution in [0.3, 0.4) is 0 Å². The molecule has 1 fully saturated rings. The van der Waals surface area contributed by atoms with Crippen molar-refractivity contribution in [2.24, 2.45) is 0 Å². The number of hydrogen-bond acceptors (Lipinski definition) is 3. The van der Waals surface area contributed by atoms with E-state index < -0.39 is 14.5 Å². The highest BCUT2D eigenvalue weighted by Crippen LogP contribution is 2.41. The Morgan fingerprint density at radius 3 is 2.32 bits per heavy atom. The van der Waals surface area contributed by atoms with Crippen molar-refractivity contribution in [2.45, 2.75) is 24.5 Å². The van der Waals surface area contributed by atoms with Gasteiger partial charge in [0.15, 0.2) is 0 Å². The number of para-hydroxylation sites is 1. The predicted octanol–water partition coefficient (Wildman–Crippen LogP) is 3.06. The van der Waals surface area contributed by atoms with Crippen LogP contribution in [0.25, 0.3) is 0 Å². The highest BCUT2D eigenvalue weighted by Gasteiger charge is 2.46. The summed E-state index contributed by atoms with van der Waals surface area (Å²) in [4.78, 5) is 11.4. The summed E-state index contributed by atoms with van der Waals surface area (Å²) in [5.74, 6) is 0.903. The van der Waals surface area contributed by atoms with Gasteiger partial charge in [-0.15, -0.1) is 0 Å². The van der Waals surface area contributed by atoms with Gasteiger partial charge in [0.25, 0.3) is 5.97 Å². The summed E-state index contributed by atoms with van der Waals surface area (Å²) in [5.41, 5.74) is 0. The average molecular weight is 401 g/mol. The van der Waals surface area contributed by atoms with Crippen molar-refractivity contribution in [3.63, 3.8) is 0 Å². The van der Waals surface area contributed by atoms with Crippen molar-refractivity contribution in [3.8, 4) is 11.5 Å². The summed E-state index contributed by atoms with van der Waals surface area (Å²) in [7, 11) is 0. The fourth-order valence-corrected chi connectivity index (χ4v) is 5.98. The first kappa shape index (κ1) is 21.8. The molecule has 0 radical (unpaired) electrons. The van der Waals surface area contributed by atoms with Gasteiger partial charge >= 0.3 is 14.5 Å². The van der Waals surface area contributed by atoms with E-state index in [2.05, 4.69) is 0 Å². The van der Waals surface area contributed by atoms with Gasteiger partial charge in [-0.3, -0.25) is 4.79 Å². The minimum absolute atomic E-state index is 0. The molecule has 5 nitrogen and oxygen atoms in total. The Balaban J connectivity index is 0.00000156. The van der Waals surface area contributed by atoms with Crippen LogP contribution in [0.2, 0.25) is 14.8 Å². The van der Waals surface area contributed by atoms with Crippen molar-refractivity contribution < 1.29 is 24.3 Å². The van der Waals surface area contributed by atoms with Gasteiger partial charge in [0.05, 0.1) is 5.02 Å². The number of benzene rings is 2. The molecule has 25 heavy (non-hydrogen) atoms. The van der Waals surface area contributed by atoms with Crippen molar-refractivity contribution in [1.29, 1.82) is 0 Å². The van der Waals surface area contributed by atoms with Gasteiger partial charge in [0.1, 0.15) is 11.5 Å². The van der Waals surface area contributed by atoms with Gasteiger partial charge in [-0.1, -0.05) is 60.3 Å². The maximum absolute atomic E-state index is 11.4. The lowest BCUT2D eigenvalue weighted by atomic mass is 10.3. The van der Waals surface area contributed by atoms with Crippen LogP contribution in [0, 0.1) is 0 Å². The first-order valence-electron chi connectivity index (χ1n) is 7.43. The van der Waals surface area contributed by atoms with E-state index in [9.17, 15) is 4.79 Å². The molecular formula is C17H19AlCl2O5. The van der Waals surface area contributed by atoms with Gasteiger partial charge in [0.2, 0.25) is 0 Å². The monoisotopic (exact) mass is 400 g/mol. The van der Waals surface area contributed by atoms with E-state index in [0.29, 0.717) is 26.3 Å². The fourth-order valence-electron chi connectivity index (χ4n) is 2.47. The van der Waals surface area contributed by atoms with Crippen molar-refractivity contribution in [3.05, 3.63) is 52.5 Å². The molecule has 0 unspecified atom stereocenters. The molecular weight excluding hydrogens is 382 g/mol. The second-order valence-corrected chi connectivity index (χ2v) is 9.05. The molecule has 0 saturated heterocycles. The molecule has 1 aliphatic rings. The maximum atomic E-state index is 11.4. The summed E-state index contributed by atoms with van der Waals surface area (Å²) in [5, 5.41) is 1.02. The Kier molecular flexibility index (Phi) is 8.23. The SMILES string of the molecule is CC(=O)[O][Al]([c]1cc(Cl)cc(Oc2ccccc2)c1Cl)[CH]1CC1.O.O. The Labute approximate surface area is 160 Å². The number of carbonyl (C=O) groups excluding carboxylic acids is 1. The Bertz CT molecular complexity index is 722. The first-order chi connectivity index (χ1) is 11.0. The van der Waals surface area contributed by atoms with Crippen LogP contribution < -0.4 is 9.16 Å². The molecule has 3 rings (SSSR count). The zero-order valence-electron chi connectivity index (χ0n) is 13.6. The molecule has 134 valence electrons. The summed E-state index contributed by atoms with van der Waals surface area (Å²) >= 11 is 10.8. The average Bonchev–Trinajstić information content (AvgIpc) is 3.34. The van der Waals surface area contributed by atoms with E-state index in [4.69, 9.17) is 31.7 Å². The molecule has 0 heterocycles. The number of hydrogen-bond donors (Lipinski definition) is 0. The van der Waals surface area contributed by atoms with Gasteiger partial charge < -0.3 is 19.5 Å². The van der Waals surface area contributed by atoms with Crippen LogP contribution in [0.5, 0.6) is 11.5 Å². The molecule has 4 N–H and O–H groups in total. The quantitative estimate of drug-likeness (QED) is 0.720. The topological polar surface area (TPSA) is 98.5 Å². The van der Waals surface area contributed by atoms with Gasteiger partial charge in [-0.05, 0) is 21.3 Å². The highest BCUT2D eigenvalue weighted by atomic mass is 35.5. The lowest BCUT2D eigenvalue weighted by Gasteiger charge is -2.16. The van der Waals surface area contributed by atoms with E-state index >= 15 is 0 Å². The van der Waals surface area contributed by atoms with Crippen LogP contribution in [-0.4, -0.2) is 31.4 Å². The van der Waals surface area contributed by atoms with Crippen molar-refractivity contribution in [1.82, 2.24) is 0 Å². The van der Waals surface area contributed by atoms with E-state index in [1.54, 1.807) is 12.1 Å². The minimum atomic E-state index is -1.96. The summed E-state index contributed by atoms with van der Waals surface area (Å²) < 4.78 is 12.7. The largest absolute Gasteiger partial charge is 0.613 e. The van der Waals surface area contributed by atoms with Gasteiger partial charge in [-0.2, -0.15) is 0 Å². The Hall–Kier alpha value is -1.26. The minimum Gasteiger partial charge on any atom is -0.613 e. The zero-order valence-corrected chi connectivity index (χ0v) is 16.3. The van der Waals surface area contributed by atoms with Gasteiger partial charge in [0, 0.05) is 18.0 Å². The van der Waals surface area contributed by atoms with E-state index in [-0.39, 0.29) is 16.9 Å². The van der Waals surface area contributed by atoms with Crippen LogP contribution in [0.1, 0.15) is 19.8 Å². The normalized spacial score (nSPS) is 12.4. The molecule has 2 aromatic rings. The first-order valence-corrected chi connectivity index (χ1v) is 9.91. The number of rotatable bonds is 5. The zero-order chi connectivity index (χ0) is 16.4. The van der Waals surface area contributed by atoms with Gasteiger partial charge in [-0.25, -0.2) is 0 Å². The maximum Gasteiger partial charge on any atom is 0.595 e. The second kappa shape index (κ2) is 9.44. The molecule has 1 aliphatic carbocycles. The molecule has 1 saturated carbocycles. The number of carbonyl (C=O) groups is 1. The highest BCUT2D eigenvalue weighted by molar-refractivity contribution is 6.73. The standard InChI is InChI=1S/C12H7Cl2O.C3H5.C2H4O2.Al.2H2O/c13-9-6-7-11(14)12(8-9)15-10-4-2-1-3-5-10;1-2-3-1;1-2(3)4;;;/h1-6,8H;1H,2-3H2;1H3,(H,3,4);;2*1H2/q;;;+1;;/p-1. The Morgan fingerprint density at radius 2 is 1.76 bits per heavy atom. The van der Waals surface area contributed by atoms with Crippen molar-refractivity contribution in [2.75, 3.05) is 0 Å². The summed E-state index contributed by atoms with van der Waals surface area (Å²) in [6.45, 7) is 1.43. The molecule has 8 heteroatoms. The van der Waals surface area contributed by atoms with E-state index in [0.717, 1.165) is 17.3 Å². The third-order valence-electron chi connectivity index (χ3n) is 3.65. The number of ether oxygens (including phenoxy) is 1. The fraction of sp³-hybridized carbons (Fsp3) is 0.235. The molecule has 0 amide bonds. The molecule has 0 spiro atoms. The third-order valence-corrected chi connectivity index (χ3v) is 7.64. The Morgan fingerprint density at radius 1 is 1.12 bits per heavy atom. The van der Waals surface area contributed by atoms with E-state index in [1.807, 2.05) is 30.3 Å². The molecule has 0 aromatic heterocycles. The lowest BCUT2D eigenvalue weighted by molar-refractivity contribution is -0.132. The summed E-state index contributed by atoms with van der Waals surface area (Å²) in [6.07, 6.45) is 2.14. The van der Waals surface area contributed by atoms with Crippen molar-refractivity contribution >= 4 is 48.1 Å². The smallest absolute Gasteiger partial charge is 0.595 e. The van der Waals surface area contributed by atoms with Crippen LogP contribution in [-0.2, 0) is 8.58 Å². The molecule has 2 aromatic carbocycles.